The lowest BCUT2D eigenvalue weighted by molar-refractivity contribution is -0.146. The first-order valence-corrected chi connectivity index (χ1v) is 11.0. The topological polar surface area (TPSA) is 89.5 Å². The zero-order valence-corrected chi connectivity index (χ0v) is 17.4. The number of anilines is 1. The van der Waals surface area contributed by atoms with Crippen molar-refractivity contribution >= 4 is 38.2 Å². The highest BCUT2D eigenvalue weighted by molar-refractivity contribution is 7.91. The van der Waals surface area contributed by atoms with Crippen LogP contribution in [-0.4, -0.2) is 32.7 Å². The third-order valence-electron chi connectivity index (χ3n) is 4.49. The number of alkyl halides is 3. The molecule has 6 nitrogen and oxygen atoms in total. The summed E-state index contributed by atoms with van der Waals surface area (Å²) in [7, 11) is -3.76. The van der Waals surface area contributed by atoms with Crippen LogP contribution in [0.25, 0.3) is 10.8 Å². The van der Waals surface area contributed by atoms with Crippen LogP contribution in [0.5, 0.6) is 0 Å². The number of hydrogen-bond donors (Lipinski definition) is 1. The number of benzene rings is 3. The van der Waals surface area contributed by atoms with Crippen LogP contribution in [-0.2, 0) is 30.3 Å². The third kappa shape index (κ3) is 6.07. The van der Waals surface area contributed by atoms with Crippen LogP contribution in [0, 0.1) is 0 Å². The van der Waals surface area contributed by atoms with Gasteiger partial charge in [0.15, 0.2) is 16.4 Å². The Balaban J connectivity index is 1.51. The summed E-state index contributed by atoms with van der Waals surface area (Å²) in [5, 5.41) is 3.80. The summed E-state index contributed by atoms with van der Waals surface area (Å²) in [6.45, 7) is -0.759. The molecule has 3 aromatic carbocycles. The van der Waals surface area contributed by atoms with Gasteiger partial charge in [-0.2, -0.15) is 13.2 Å². The number of carbonyl (C=O) groups is 2. The monoisotopic (exact) mass is 465 g/mol. The van der Waals surface area contributed by atoms with E-state index in [0.717, 1.165) is 29.0 Å². The van der Waals surface area contributed by atoms with Crippen molar-refractivity contribution in [3.63, 3.8) is 0 Å². The van der Waals surface area contributed by atoms with Gasteiger partial charge in [0.2, 0.25) is 0 Å². The molecule has 0 aromatic heterocycles. The maximum Gasteiger partial charge on any atom is 0.416 e. The summed E-state index contributed by atoms with van der Waals surface area (Å²) < 4.78 is 67.9. The minimum Gasteiger partial charge on any atom is -0.456 e. The van der Waals surface area contributed by atoms with Gasteiger partial charge in [0.05, 0.1) is 22.6 Å². The van der Waals surface area contributed by atoms with Gasteiger partial charge < -0.3 is 10.1 Å². The van der Waals surface area contributed by atoms with Crippen molar-refractivity contribution in [2.75, 3.05) is 17.7 Å². The van der Waals surface area contributed by atoms with Crippen molar-refractivity contribution in [1.82, 2.24) is 0 Å². The van der Waals surface area contributed by atoms with E-state index >= 15 is 0 Å². The van der Waals surface area contributed by atoms with Crippen LogP contribution in [0.2, 0.25) is 0 Å². The number of nitrogens with one attached hydrogen (secondary N) is 1. The summed E-state index contributed by atoms with van der Waals surface area (Å²) in [6, 6.07) is 15.8. The number of fused-ring (bicyclic) bond motifs is 1. The standard InChI is InChI=1S/C22H18F3NO5S/c23-22(24,25)17-6-3-7-18(13-17)26-20(27)14-31-21(28)10-11-32(29,30)19-9-8-15-4-1-2-5-16(15)12-19/h1-9,12-13H,10-11,14H2,(H,26,27). The minimum atomic E-state index is -4.57. The second-order valence-corrected chi connectivity index (χ2v) is 8.97. The molecule has 0 fully saturated rings. The van der Waals surface area contributed by atoms with Gasteiger partial charge in [0.25, 0.3) is 5.91 Å². The van der Waals surface area contributed by atoms with Crippen LogP contribution in [0.15, 0.2) is 71.6 Å². The maximum atomic E-state index is 12.7. The van der Waals surface area contributed by atoms with E-state index in [2.05, 4.69) is 5.32 Å². The zero-order valence-electron chi connectivity index (χ0n) is 16.6. The van der Waals surface area contributed by atoms with Gasteiger partial charge in [-0.05, 0) is 41.1 Å². The van der Waals surface area contributed by atoms with Crippen molar-refractivity contribution < 1.29 is 35.9 Å². The summed E-state index contributed by atoms with van der Waals surface area (Å²) in [5.41, 5.74) is -1.05. The fourth-order valence-corrected chi connectivity index (χ4v) is 4.14. The number of rotatable bonds is 7. The molecule has 0 bridgehead atoms. The zero-order chi connectivity index (χ0) is 23.4. The Morgan fingerprint density at radius 2 is 1.62 bits per heavy atom. The number of esters is 1. The molecule has 0 heterocycles. The van der Waals surface area contributed by atoms with Crippen molar-refractivity contribution in [3.05, 3.63) is 72.3 Å². The van der Waals surface area contributed by atoms with Crippen LogP contribution >= 0.6 is 0 Å². The van der Waals surface area contributed by atoms with E-state index in [4.69, 9.17) is 4.74 Å². The molecule has 3 aromatic rings. The van der Waals surface area contributed by atoms with E-state index in [1.54, 1.807) is 18.2 Å². The number of ether oxygens (including phenoxy) is 1. The number of hydrogen-bond acceptors (Lipinski definition) is 5. The molecule has 0 radical (unpaired) electrons. The van der Waals surface area contributed by atoms with Crippen molar-refractivity contribution in [3.8, 4) is 0 Å². The maximum absolute atomic E-state index is 12.7. The van der Waals surface area contributed by atoms with Gasteiger partial charge in [-0.1, -0.05) is 36.4 Å². The molecule has 0 unspecified atom stereocenters. The Kier molecular flexibility index (Phi) is 6.83. The molecule has 0 aliphatic rings. The summed E-state index contributed by atoms with van der Waals surface area (Å²) in [6.07, 6.45) is -5.05. The fraction of sp³-hybridized carbons (Fsp3) is 0.182. The molecule has 0 spiro atoms. The van der Waals surface area contributed by atoms with E-state index in [1.165, 1.54) is 18.2 Å². The quantitative estimate of drug-likeness (QED) is 0.528. The molecular formula is C22H18F3NO5S. The highest BCUT2D eigenvalue weighted by Crippen LogP contribution is 2.30. The van der Waals surface area contributed by atoms with E-state index in [-0.39, 0.29) is 10.6 Å². The van der Waals surface area contributed by atoms with E-state index in [9.17, 15) is 31.2 Å². The first-order chi connectivity index (χ1) is 15.0. The Hall–Kier alpha value is -3.40. The van der Waals surface area contributed by atoms with E-state index in [0.29, 0.717) is 0 Å². The Bertz CT molecular complexity index is 1260. The lowest BCUT2D eigenvalue weighted by Gasteiger charge is -2.10. The van der Waals surface area contributed by atoms with Crippen molar-refractivity contribution in [2.45, 2.75) is 17.5 Å². The average Bonchev–Trinajstić information content (AvgIpc) is 2.75. The molecule has 1 N–H and O–H groups in total. The summed E-state index contributed by atoms with van der Waals surface area (Å²) in [4.78, 5) is 23.8. The molecule has 32 heavy (non-hydrogen) atoms. The highest BCUT2D eigenvalue weighted by Gasteiger charge is 2.30. The van der Waals surface area contributed by atoms with Crippen molar-refractivity contribution in [1.29, 1.82) is 0 Å². The number of amides is 1. The molecule has 10 heteroatoms. The third-order valence-corrected chi connectivity index (χ3v) is 6.21. The van der Waals surface area contributed by atoms with Crippen LogP contribution in [0.4, 0.5) is 18.9 Å². The lowest BCUT2D eigenvalue weighted by Crippen LogP contribution is -2.22. The second-order valence-electron chi connectivity index (χ2n) is 6.87. The first-order valence-electron chi connectivity index (χ1n) is 9.39. The van der Waals surface area contributed by atoms with Gasteiger partial charge in [-0.25, -0.2) is 8.42 Å². The molecule has 0 aliphatic carbocycles. The molecule has 168 valence electrons. The van der Waals surface area contributed by atoms with Gasteiger partial charge in [0, 0.05) is 5.69 Å². The van der Waals surface area contributed by atoms with Crippen LogP contribution in [0.3, 0.4) is 0 Å². The van der Waals surface area contributed by atoms with Crippen LogP contribution in [0.1, 0.15) is 12.0 Å². The van der Waals surface area contributed by atoms with E-state index < -0.39 is 52.2 Å². The van der Waals surface area contributed by atoms with Gasteiger partial charge >= 0.3 is 12.1 Å². The Labute approximate surface area is 181 Å². The first kappa shape index (κ1) is 23.3. The normalized spacial score (nSPS) is 11.8. The SMILES string of the molecule is O=C(COC(=O)CCS(=O)(=O)c1ccc2ccccc2c1)Nc1cccc(C(F)(F)F)c1. The van der Waals surface area contributed by atoms with Crippen LogP contribution < -0.4 is 5.32 Å². The molecule has 0 aliphatic heterocycles. The number of halogens is 3. The van der Waals surface area contributed by atoms with Gasteiger partial charge in [-0.15, -0.1) is 0 Å². The van der Waals surface area contributed by atoms with Gasteiger partial charge in [0.1, 0.15) is 0 Å². The highest BCUT2D eigenvalue weighted by atomic mass is 32.2. The van der Waals surface area contributed by atoms with Gasteiger partial charge in [-0.3, -0.25) is 9.59 Å². The predicted molar refractivity (Wildman–Crippen MR) is 112 cm³/mol. The molecule has 0 atom stereocenters. The lowest BCUT2D eigenvalue weighted by atomic mass is 10.1. The predicted octanol–water partition coefficient (Wildman–Crippen LogP) is 4.20. The molecule has 1 amide bonds. The number of carbonyl (C=O) groups excluding carboxylic acids is 2. The molecule has 3 rings (SSSR count). The number of sulfone groups is 1. The second kappa shape index (κ2) is 9.39. The largest absolute Gasteiger partial charge is 0.456 e. The molecule has 0 saturated carbocycles. The average molecular weight is 465 g/mol. The Morgan fingerprint density at radius 1 is 0.906 bits per heavy atom. The fourth-order valence-electron chi connectivity index (χ4n) is 2.88. The smallest absolute Gasteiger partial charge is 0.416 e. The minimum absolute atomic E-state index is 0.0614. The van der Waals surface area contributed by atoms with Crippen molar-refractivity contribution in [2.24, 2.45) is 0 Å². The molecule has 0 saturated heterocycles. The summed E-state index contributed by atoms with van der Waals surface area (Å²) >= 11 is 0. The molecular weight excluding hydrogens is 447 g/mol. The summed E-state index contributed by atoms with van der Waals surface area (Å²) in [5.74, 6) is -2.29. The van der Waals surface area contributed by atoms with E-state index in [1.807, 2.05) is 12.1 Å². The Morgan fingerprint density at radius 3 is 2.34 bits per heavy atom.